The van der Waals surface area contributed by atoms with Crippen LogP contribution >= 0.6 is 11.6 Å². The fraction of sp³-hybridized carbons (Fsp3) is 0.318. The van der Waals surface area contributed by atoms with Gasteiger partial charge >= 0.3 is 0 Å². The molecular formula is C22H25ClN2O2. The predicted molar refractivity (Wildman–Crippen MR) is 111 cm³/mol. The Morgan fingerprint density at radius 2 is 1.85 bits per heavy atom. The van der Waals surface area contributed by atoms with Crippen LogP contribution < -0.4 is 5.32 Å². The maximum absolute atomic E-state index is 13.0. The summed E-state index contributed by atoms with van der Waals surface area (Å²) in [4.78, 5) is 15.1. The van der Waals surface area contributed by atoms with Crippen LogP contribution in [0.15, 0.2) is 46.9 Å². The van der Waals surface area contributed by atoms with Gasteiger partial charge in [-0.25, -0.2) is 0 Å². The summed E-state index contributed by atoms with van der Waals surface area (Å²) in [5.41, 5.74) is 3.77. The lowest BCUT2D eigenvalue weighted by molar-refractivity contribution is 0.0906. The minimum Gasteiger partial charge on any atom is -0.451 e. The number of halogens is 1. The van der Waals surface area contributed by atoms with E-state index in [0.29, 0.717) is 10.8 Å². The second-order valence-corrected chi connectivity index (χ2v) is 7.66. The summed E-state index contributed by atoms with van der Waals surface area (Å²) in [5.74, 6) is 0.180. The molecule has 0 aliphatic heterocycles. The number of nitrogens with zero attached hydrogens (tertiary/aromatic N) is 1. The lowest BCUT2D eigenvalue weighted by atomic mass is 10.0. The number of hydrogen-bond acceptors (Lipinski definition) is 3. The van der Waals surface area contributed by atoms with Crippen LogP contribution in [0.4, 0.5) is 0 Å². The van der Waals surface area contributed by atoms with Crippen LogP contribution in [0.2, 0.25) is 5.02 Å². The van der Waals surface area contributed by atoms with E-state index in [4.69, 9.17) is 16.0 Å². The molecule has 27 heavy (non-hydrogen) atoms. The van der Waals surface area contributed by atoms with Gasteiger partial charge in [0.05, 0.1) is 6.04 Å². The standard InChI is InChI=1S/C22H25ClN2O2/c1-14-5-10-20-18(13-14)15(2)21(27-20)22(26)24-19(11-12-25(3)4)16-6-8-17(23)9-7-16/h5-10,13,19H,11-12H2,1-4H3,(H,24,26). The largest absolute Gasteiger partial charge is 0.451 e. The molecule has 1 atom stereocenters. The Morgan fingerprint density at radius 1 is 1.15 bits per heavy atom. The number of hydrogen-bond donors (Lipinski definition) is 1. The van der Waals surface area contributed by atoms with Gasteiger partial charge in [0.1, 0.15) is 5.58 Å². The van der Waals surface area contributed by atoms with Crippen molar-refractivity contribution in [3.8, 4) is 0 Å². The highest BCUT2D eigenvalue weighted by Crippen LogP contribution is 2.27. The van der Waals surface area contributed by atoms with E-state index in [9.17, 15) is 4.79 Å². The Bertz CT molecular complexity index is 945. The van der Waals surface area contributed by atoms with Gasteiger partial charge in [-0.15, -0.1) is 0 Å². The Balaban J connectivity index is 1.87. The third-order valence-electron chi connectivity index (χ3n) is 4.74. The minimum atomic E-state index is -0.194. The first-order valence-electron chi connectivity index (χ1n) is 9.06. The van der Waals surface area contributed by atoms with Gasteiger partial charge in [0.15, 0.2) is 5.76 Å². The predicted octanol–water partition coefficient (Wildman–Crippen LogP) is 5.13. The van der Waals surface area contributed by atoms with Crippen LogP contribution in [-0.2, 0) is 0 Å². The van der Waals surface area contributed by atoms with Crippen LogP contribution in [0.25, 0.3) is 11.0 Å². The van der Waals surface area contributed by atoms with E-state index in [2.05, 4.69) is 10.2 Å². The van der Waals surface area contributed by atoms with Crippen molar-refractivity contribution in [2.24, 2.45) is 0 Å². The number of carbonyl (C=O) groups is 1. The number of aryl methyl sites for hydroxylation is 2. The van der Waals surface area contributed by atoms with Crippen molar-refractivity contribution in [1.29, 1.82) is 0 Å². The van der Waals surface area contributed by atoms with Crippen molar-refractivity contribution in [1.82, 2.24) is 10.2 Å². The quantitative estimate of drug-likeness (QED) is 0.641. The molecule has 3 rings (SSSR count). The van der Waals surface area contributed by atoms with Crippen molar-refractivity contribution >= 4 is 28.5 Å². The van der Waals surface area contributed by atoms with E-state index in [0.717, 1.165) is 40.6 Å². The van der Waals surface area contributed by atoms with E-state index in [1.807, 2.05) is 70.4 Å². The van der Waals surface area contributed by atoms with E-state index < -0.39 is 0 Å². The second kappa shape index (κ2) is 8.15. The molecule has 0 saturated heterocycles. The summed E-state index contributed by atoms with van der Waals surface area (Å²) >= 11 is 6.01. The van der Waals surface area contributed by atoms with Gasteiger partial charge in [-0.3, -0.25) is 4.79 Å². The van der Waals surface area contributed by atoms with Gasteiger partial charge in [0.25, 0.3) is 5.91 Å². The van der Waals surface area contributed by atoms with Crippen molar-refractivity contribution in [2.45, 2.75) is 26.3 Å². The molecule has 1 aromatic heterocycles. The number of carbonyl (C=O) groups excluding carboxylic acids is 1. The Morgan fingerprint density at radius 3 is 2.52 bits per heavy atom. The molecule has 5 heteroatoms. The molecule has 2 aromatic carbocycles. The molecule has 0 fully saturated rings. The Kier molecular flexibility index (Phi) is 5.88. The highest BCUT2D eigenvalue weighted by Gasteiger charge is 2.22. The molecule has 3 aromatic rings. The number of fused-ring (bicyclic) bond motifs is 1. The topological polar surface area (TPSA) is 45.5 Å². The first-order valence-corrected chi connectivity index (χ1v) is 9.43. The fourth-order valence-electron chi connectivity index (χ4n) is 3.18. The van der Waals surface area contributed by atoms with Gasteiger partial charge < -0.3 is 14.6 Å². The van der Waals surface area contributed by atoms with E-state index in [1.54, 1.807) is 0 Å². The van der Waals surface area contributed by atoms with Crippen molar-refractivity contribution in [3.63, 3.8) is 0 Å². The van der Waals surface area contributed by atoms with Crippen molar-refractivity contribution < 1.29 is 9.21 Å². The maximum Gasteiger partial charge on any atom is 0.287 e. The molecule has 142 valence electrons. The Labute approximate surface area is 165 Å². The number of nitrogens with one attached hydrogen (secondary N) is 1. The molecule has 0 radical (unpaired) electrons. The average Bonchev–Trinajstić information content (AvgIpc) is 2.95. The Hall–Kier alpha value is -2.30. The normalized spacial score (nSPS) is 12.5. The zero-order chi connectivity index (χ0) is 19.6. The third kappa shape index (κ3) is 4.52. The highest BCUT2D eigenvalue weighted by molar-refractivity contribution is 6.30. The van der Waals surface area contributed by atoms with Crippen molar-refractivity contribution in [3.05, 3.63) is 69.9 Å². The summed E-state index contributed by atoms with van der Waals surface area (Å²) in [5, 5.41) is 4.80. The number of furan rings is 1. The maximum atomic E-state index is 13.0. The molecular weight excluding hydrogens is 360 g/mol. The number of amides is 1. The van der Waals surface area contributed by atoms with Gasteiger partial charge in [0.2, 0.25) is 0 Å². The fourth-order valence-corrected chi connectivity index (χ4v) is 3.31. The smallest absolute Gasteiger partial charge is 0.287 e. The summed E-state index contributed by atoms with van der Waals surface area (Å²) in [7, 11) is 4.04. The number of rotatable bonds is 6. The molecule has 0 bridgehead atoms. The first kappa shape index (κ1) is 19.5. The molecule has 0 aliphatic rings. The average molecular weight is 385 g/mol. The zero-order valence-corrected chi connectivity index (χ0v) is 16.9. The monoisotopic (exact) mass is 384 g/mol. The number of benzene rings is 2. The van der Waals surface area contributed by atoms with Crippen LogP contribution in [0.5, 0.6) is 0 Å². The lowest BCUT2D eigenvalue weighted by Crippen LogP contribution is -2.31. The SMILES string of the molecule is Cc1ccc2oc(C(=O)NC(CCN(C)C)c3ccc(Cl)cc3)c(C)c2c1. The van der Waals surface area contributed by atoms with E-state index in [-0.39, 0.29) is 11.9 Å². The summed E-state index contributed by atoms with van der Waals surface area (Å²) in [6, 6.07) is 13.4. The molecule has 0 spiro atoms. The molecule has 1 heterocycles. The van der Waals surface area contributed by atoms with Crippen LogP contribution in [0.3, 0.4) is 0 Å². The van der Waals surface area contributed by atoms with Crippen LogP contribution in [-0.4, -0.2) is 31.4 Å². The van der Waals surface area contributed by atoms with Gasteiger partial charge in [-0.05, 0) is 70.7 Å². The highest BCUT2D eigenvalue weighted by atomic mass is 35.5. The molecule has 0 saturated carbocycles. The molecule has 1 amide bonds. The molecule has 1 unspecified atom stereocenters. The molecule has 4 nitrogen and oxygen atoms in total. The first-order chi connectivity index (χ1) is 12.8. The van der Waals surface area contributed by atoms with E-state index >= 15 is 0 Å². The summed E-state index contributed by atoms with van der Waals surface area (Å²) in [6.45, 7) is 4.81. The molecule has 1 N–H and O–H groups in total. The summed E-state index contributed by atoms with van der Waals surface area (Å²) < 4.78 is 5.85. The summed E-state index contributed by atoms with van der Waals surface area (Å²) in [6.07, 6.45) is 0.790. The van der Waals surface area contributed by atoms with Crippen LogP contribution in [0, 0.1) is 13.8 Å². The van der Waals surface area contributed by atoms with E-state index in [1.165, 1.54) is 0 Å². The molecule has 0 aliphatic carbocycles. The van der Waals surface area contributed by atoms with Gasteiger partial charge in [-0.1, -0.05) is 35.4 Å². The van der Waals surface area contributed by atoms with Gasteiger partial charge in [-0.2, -0.15) is 0 Å². The lowest BCUT2D eigenvalue weighted by Gasteiger charge is -2.21. The van der Waals surface area contributed by atoms with Crippen molar-refractivity contribution in [2.75, 3.05) is 20.6 Å². The minimum absolute atomic E-state index is 0.119. The van der Waals surface area contributed by atoms with Gasteiger partial charge in [0, 0.05) is 16.0 Å². The second-order valence-electron chi connectivity index (χ2n) is 7.23. The van der Waals surface area contributed by atoms with Crippen LogP contribution in [0.1, 0.15) is 39.7 Å². The third-order valence-corrected chi connectivity index (χ3v) is 4.99. The zero-order valence-electron chi connectivity index (χ0n) is 16.2.